The van der Waals surface area contributed by atoms with Gasteiger partial charge in [-0.3, -0.25) is 0 Å². The standard InChI is InChI=1S/C8H6Cl2O3S/c1-2-14(11,12)13-8-4-3-6(9)5-7(8)10/h2-5H,1H2. The van der Waals surface area contributed by atoms with E-state index in [9.17, 15) is 8.42 Å². The van der Waals surface area contributed by atoms with Gasteiger partial charge in [-0.2, -0.15) is 8.42 Å². The second-order valence-electron chi connectivity index (χ2n) is 2.32. The molecule has 0 spiro atoms. The Morgan fingerprint density at radius 2 is 2.00 bits per heavy atom. The van der Waals surface area contributed by atoms with E-state index in [0.717, 1.165) is 0 Å². The van der Waals surface area contributed by atoms with Crippen molar-refractivity contribution in [2.75, 3.05) is 0 Å². The van der Waals surface area contributed by atoms with E-state index >= 15 is 0 Å². The van der Waals surface area contributed by atoms with Crippen LogP contribution in [0.25, 0.3) is 0 Å². The molecule has 0 aliphatic heterocycles. The van der Waals surface area contributed by atoms with Crippen LogP contribution in [-0.4, -0.2) is 8.42 Å². The van der Waals surface area contributed by atoms with Crippen LogP contribution in [0.15, 0.2) is 30.2 Å². The van der Waals surface area contributed by atoms with E-state index in [0.29, 0.717) is 10.4 Å². The second kappa shape index (κ2) is 4.21. The molecule has 0 radical (unpaired) electrons. The van der Waals surface area contributed by atoms with Gasteiger partial charge in [-0.05, 0) is 18.2 Å². The van der Waals surface area contributed by atoms with Crippen molar-refractivity contribution in [3.8, 4) is 5.75 Å². The van der Waals surface area contributed by atoms with Gasteiger partial charge in [0.05, 0.1) is 10.4 Å². The predicted molar refractivity (Wildman–Crippen MR) is 56.2 cm³/mol. The molecule has 0 N–H and O–H groups in total. The fraction of sp³-hybridized carbons (Fsp3) is 0. The molecule has 1 aromatic carbocycles. The Morgan fingerprint density at radius 1 is 1.36 bits per heavy atom. The van der Waals surface area contributed by atoms with Crippen molar-refractivity contribution >= 4 is 33.3 Å². The summed E-state index contributed by atoms with van der Waals surface area (Å²) in [6, 6.07) is 4.23. The van der Waals surface area contributed by atoms with Crippen LogP contribution < -0.4 is 4.18 Å². The molecule has 0 fully saturated rings. The van der Waals surface area contributed by atoms with Gasteiger partial charge in [0.25, 0.3) is 0 Å². The number of rotatable bonds is 3. The zero-order valence-electron chi connectivity index (χ0n) is 6.91. The van der Waals surface area contributed by atoms with Crippen LogP contribution in [0.2, 0.25) is 10.0 Å². The molecule has 76 valence electrons. The molecule has 0 bridgehead atoms. The van der Waals surface area contributed by atoms with Gasteiger partial charge in [-0.25, -0.2) is 0 Å². The van der Waals surface area contributed by atoms with Crippen LogP contribution in [0.3, 0.4) is 0 Å². The summed E-state index contributed by atoms with van der Waals surface area (Å²) in [4.78, 5) is 0. The van der Waals surface area contributed by atoms with Crippen molar-refractivity contribution in [2.45, 2.75) is 0 Å². The smallest absolute Gasteiger partial charge is 0.331 e. The van der Waals surface area contributed by atoms with Crippen LogP contribution in [-0.2, 0) is 10.1 Å². The lowest BCUT2D eigenvalue weighted by molar-refractivity contribution is 0.497. The Balaban J connectivity index is 3.05. The third kappa shape index (κ3) is 2.90. The summed E-state index contributed by atoms with van der Waals surface area (Å²) in [7, 11) is -3.77. The van der Waals surface area contributed by atoms with Gasteiger partial charge >= 0.3 is 10.1 Å². The Labute approximate surface area is 92.0 Å². The third-order valence-electron chi connectivity index (χ3n) is 1.30. The quantitative estimate of drug-likeness (QED) is 0.778. The van der Waals surface area contributed by atoms with Gasteiger partial charge in [0.15, 0.2) is 5.75 Å². The Hall–Kier alpha value is -0.710. The van der Waals surface area contributed by atoms with Gasteiger partial charge in [-0.1, -0.05) is 29.8 Å². The van der Waals surface area contributed by atoms with Gasteiger partial charge < -0.3 is 4.18 Å². The predicted octanol–water partition coefficient (Wildman–Crippen LogP) is 2.85. The lowest BCUT2D eigenvalue weighted by Crippen LogP contribution is -2.04. The van der Waals surface area contributed by atoms with Crippen molar-refractivity contribution < 1.29 is 12.6 Å². The number of benzene rings is 1. The fourth-order valence-electron chi connectivity index (χ4n) is 0.702. The van der Waals surface area contributed by atoms with E-state index in [1.165, 1.54) is 18.2 Å². The van der Waals surface area contributed by atoms with Crippen molar-refractivity contribution in [3.63, 3.8) is 0 Å². The molecule has 1 rings (SSSR count). The topological polar surface area (TPSA) is 43.4 Å². The molecule has 1 aromatic rings. The zero-order valence-corrected chi connectivity index (χ0v) is 9.23. The first-order valence-corrected chi connectivity index (χ1v) is 5.69. The number of hydrogen-bond acceptors (Lipinski definition) is 3. The van der Waals surface area contributed by atoms with Crippen LogP contribution in [0, 0.1) is 0 Å². The monoisotopic (exact) mass is 252 g/mol. The summed E-state index contributed by atoms with van der Waals surface area (Å²) in [5.41, 5.74) is 0. The maximum absolute atomic E-state index is 11.0. The molecule has 6 heteroatoms. The molecule has 0 saturated carbocycles. The summed E-state index contributed by atoms with van der Waals surface area (Å²) in [6.45, 7) is 3.09. The van der Waals surface area contributed by atoms with E-state index in [4.69, 9.17) is 23.2 Å². The highest BCUT2D eigenvalue weighted by Crippen LogP contribution is 2.28. The summed E-state index contributed by atoms with van der Waals surface area (Å²) < 4.78 is 26.5. The van der Waals surface area contributed by atoms with Crippen LogP contribution in [0.5, 0.6) is 5.75 Å². The third-order valence-corrected chi connectivity index (χ3v) is 2.65. The van der Waals surface area contributed by atoms with E-state index in [-0.39, 0.29) is 10.8 Å². The molecule has 0 aliphatic carbocycles. The van der Waals surface area contributed by atoms with Crippen LogP contribution >= 0.6 is 23.2 Å². The van der Waals surface area contributed by atoms with Gasteiger partial charge in [0.1, 0.15) is 0 Å². The Bertz CT molecular complexity index is 454. The molecule has 0 amide bonds. The van der Waals surface area contributed by atoms with Crippen molar-refractivity contribution in [1.29, 1.82) is 0 Å². The fourth-order valence-corrected chi connectivity index (χ4v) is 1.66. The SMILES string of the molecule is C=CS(=O)(=O)Oc1ccc(Cl)cc1Cl. The van der Waals surface area contributed by atoms with Crippen molar-refractivity contribution in [3.05, 3.63) is 40.2 Å². The van der Waals surface area contributed by atoms with Crippen LogP contribution in [0.1, 0.15) is 0 Å². The van der Waals surface area contributed by atoms with Crippen molar-refractivity contribution in [2.24, 2.45) is 0 Å². The van der Waals surface area contributed by atoms with E-state index < -0.39 is 10.1 Å². The van der Waals surface area contributed by atoms with Gasteiger partial charge in [0, 0.05) is 5.02 Å². The lowest BCUT2D eigenvalue weighted by Gasteiger charge is -2.04. The van der Waals surface area contributed by atoms with E-state index in [2.05, 4.69) is 10.8 Å². The normalized spacial score (nSPS) is 11.0. The zero-order chi connectivity index (χ0) is 10.8. The largest absolute Gasteiger partial charge is 0.378 e. The van der Waals surface area contributed by atoms with Gasteiger partial charge in [-0.15, -0.1) is 0 Å². The first-order chi connectivity index (χ1) is 6.44. The van der Waals surface area contributed by atoms with Crippen molar-refractivity contribution in [1.82, 2.24) is 0 Å². The average Bonchev–Trinajstić information content (AvgIpc) is 2.10. The maximum Gasteiger partial charge on any atom is 0.331 e. The molecule has 0 aliphatic rings. The molecular weight excluding hydrogens is 247 g/mol. The summed E-state index contributed by atoms with van der Waals surface area (Å²) in [5, 5.41) is 1.22. The Morgan fingerprint density at radius 3 is 2.50 bits per heavy atom. The lowest BCUT2D eigenvalue weighted by atomic mass is 10.3. The number of halogens is 2. The maximum atomic E-state index is 11.0. The first-order valence-electron chi connectivity index (χ1n) is 3.46. The molecule has 0 saturated heterocycles. The minimum Gasteiger partial charge on any atom is -0.378 e. The summed E-state index contributed by atoms with van der Waals surface area (Å²) in [5.74, 6) is 0.0240. The molecule has 0 unspecified atom stereocenters. The molecule has 0 heterocycles. The highest BCUT2D eigenvalue weighted by Gasteiger charge is 2.10. The minimum absolute atomic E-state index is 0.0240. The highest BCUT2D eigenvalue weighted by atomic mass is 35.5. The summed E-state index contributed by atoms with van der Waals surface area (Å²) >= 11 is 11.3. The highest BCUT2D eigenvalue weighted by molar-refractivity contribution is 7.90. The summed E-state index contributed by atoms with van der Waals surface area (Å²) in [6.07, 6.45) is 0. The van der Waals surface area contributed by atoms with Crippen LogP contribution in [0.4, 0.5) is 0 Å². The number of hydrogen-bond donors (Lipinski definition) is 0. The molecule has 14 heavy (non-hydrogen) atoms. The minimum atomic E-state index is -3.77. The van der Waals surface area contributed by atoms with Gasteiger partial charge in [0.2, 0.25) is 0 Å². The molecule has 0 atom stereocenters. The average molecular weight is 253 g/mol. The molecule has 3 nitrogen and oxygen atoms in total. The van der Waals surface area contributed by atoms with E-state index in [1.807, 2.05) is 0 Å². The molecule has 0 aromatic heterocycles. The Kier molecular flexibility index (Phi) is 3.42. The van der Waals surface area contributed by atoms with E-state index in [1.54, 1.807) is 0 Å². The molecular formula is C8H6Cl2O3S. The second-order valence-corrected chi connectivity index (χ2v) is 4.65. The first kappa shape index (κ1) is 11.4.